The van der Waals surface area contributed by atoms with Crippen LogP contribution in [0.5, 0.6) is 5.75 Å². The number of halogens is 2. The summed E-state index contributed by atoms with van der Waals surface area (Å²) in [5, 5.41) is 2.55. The third kappa shape index (κ3) is 4.01. The zero-order valence-corrected chi connectivity index (χ0v) is 14.3. The minimum absolute atomic E-state index is 0.273. The SMILES string of the molecule is C[C@H](Cl)C(=O)Nc1nc2ccc(OCc3ccc(F)cc3)cc2s1. The molecular weight excluding hydrogens is 351 g/mol. The van der Waals surface area contributed by atoms with E-state index in [0.29, 0.717) is 17.5 Å². The number of alkyl halides is 1. The standard InChI is InChI=1S/C17H14ClFN2O2S/c1-10(18)16(22)21-17-20-14-7-6-13(8-15(14)24-17)23-9-11-2-4-12(19)5-3-11/h2-8,10H,9H2,1H3,(H,20,21,22)/t10-/m0/s1. The van der Waals surface area contributed by atoms with Crippen LogP contribution in [0.2, 0.25) is 0 Å². The molecule has 0 saturated carbocycles. The molecular formula is C17H14ClFN2O2S. The van der Waals surface area contributed by atoms with Gasteiger partial charge in [0, 0.05) is 0 Å². The monoisotopic (exact) mass is 364 g/mol. The molecule has 1 amide bonds. The second kappa shape index (κ2) is 7.15. The van der Waals surface area contributed by atoms with Crippen molar-refractivity contribution in [2.45, 2.75) is 18.9 Å². The molecule has 1 heterocycles. The quantitative estimate of drug-likeness (QED) is 0.674. The number of hydrogen-bond acceptors (Lipinski definition) is 4. The summed E-state index contributed by atoms with van der Waals surface area (Å²) in [6, 6.07) is 11.7. The molecule has 24 heavy (non-hydrogen) atoms. The van der Waals surface area contributed by atoms with Crippen molar-refractivity contribution >= 4 is 44.2 Å². The zero-order valence-electron chi connectivity index (χ0n) is 12.8. The Balaban J connectivity index is 1.71. The van der Waals surface area contributed by atoms with Crippen molar-refractivity contribution in [3.8, 4) is 5.75 Å². The van der Waals surface area contributed by atoms with Crippen molar-refractivity contribution in [2.24, 2.45) is 0 Å². The average Bonchev–Trinajstić information content (AvgIpc) is 2.95. The first-order chi connectivity index (χ1) is 11.5. The molecule has 4 nitrogen and oxygen atoms in total. The molecule has 3 rings (SSSR count). The summed E-state index contributed by atoms with van der Waals surface area (Å²) in [5.41, 5.74) is 1.65. The molecule has 0 saturated heterocycles. The van der Waals surface area contributed by atoms with Gasteiger partial charge < -0.3 is 10.1 Å². The molecule has 0 bridgehead atoms. The molecule has 1 aromatic heterocycles. The van der Waals surface area contributed by atoms with E-state index in [-0.39, 0.29) is 11.7 Å². The first-order valence-corrected chi connectivity index (χ1v) is 8.49. The Bertz CT molecular complexity index is 865. The van der Waals surface area contributed by atoms with Gasteiger partial charge in [-0.05, 0) is 42.8 Å². The normalized spacial score (nSPS) is 12.1. The second-order valence-electron chi connectivity index (χ2n) is 5.17. The number of thiazole rings is 1. The van der Waals surface area contributed by atoms with Crippen LogP contribution in [0.3, 0.4) is 0 Å². The average molecular weight is 365 g/mol. The lowest BCUT2D eigenvalue weighted by molar-refractivity contribution is -0.115. The fourth-order valence-corrected chi connectivity index (χ4v) is 2.95. The van der Waals surface area contributed by atoms with Crippen LogP contribution in [-0.4, -0.2) is 16.3 Å². The fourth-order valence-electron chi connectivity index (χ4n) is 2.00. The Labute approximate surface area is 147 Å². The van der Waals surface area contributed by atoms with Crippen LogP contribution in [0.4, 0.5) is 9.52 Å². The number of benzene rings is 2. The lowest BCUT2D eigenvalue weighted by atomic mass is 10.2. The number of aromatic nitrogens is 1. The smallest absolute Gasteiger partial charge is 0.243 e. The molecule has 1 N–H and O–H groups in total. The van der Waals surface area contributed by atoms with Crippen LogP contribution >= 0.6 is 22.9 Å². The first-order valence-electron chi connectivity index (χ1n) is 7.24. The number of carbonyl (C=O) groups excluding carboxylic acids is 1. The summed E-state index contributed by atoms with van der Waals surface area (Å²) in [4.78, 5) is 15.9. The van der Waals surface area contributed by atoms with Crippen molar-refractivity contribution < 1.29 is 13.9 Å². The first kappa shape index (κ1) is 16.7. The van der Waals surface area contributed by atoms with Gasteiger partial charge in [-0.15, -0.1) is 11.6 Å². The Hall–Kier alpha value is -2.18. The number of nitrogens with zero attached hydrogens (tertiary/aromatic N) is 1. The van der Waals surface area contributed by atoms with E-state index < -0.39 is 5.38 Å². The van der Waals surface area contributed by atoms with Gasteiger partial charge in [-0.3, -0.25) is 4.79 Å². The van der Waals surface area contributed by atoms with E-state index in [2.05, 4.69) is 10.3 Å². The highest BCUT2D eigenvalue weighted by Gasteiger charge is 2.12. The number of hydrogen-bond donors (Lipinski definition) is 1. The summed E-state index contributed by atoms with van der Waals surface area (Å²) in [6.45, 7) is 1.95. The van der Waals surface area contributed by atoms with Gasteiger partial charge in [-0.1, -0.05) is 23.5 Å². The minimum Gasteiger partial charge on any atom is -0.489 e. The largest absolute Gasteiger partial charge is 0.489 e. The van der Waals surface area contributed by atoms with E-state index in [1.165, 1.54) is 23.5 Å². The molecule has 1 atom stereocenters. The summed E-state index contributed by atoms with van der Waals surface area (Å²) < 4.78 is 19.5. The van der Waals surface area contributed by atoms with Crippen LogP contribution < -0.4 is 10.1 Å². The van der Waals surface area contributed by atoms with Crippen LogP contribution in [0.25, 0.3) is 10.2 Å². The third-order valence-electron chi connectivity index (χ3n) is 3.27. The number of nitrogens with one attached hydrogen (secondary N) is 1. The summed E-state index contributed by atoms with van der Waals surface area (Å²) in [6.07, 6.45) is 0. The van der Waals surface area contributed by atoms with Gasteiger partial charge in [0.2, 0.25) is 5.91 Å². The topological polar surface area (TPSA) is 51.2 Å². The minimum atomic E-state index is -0.619. The van der Waals surface area contributed by atoms with Crippen LogP contribution in [-0.2, 0) is 11.4 Å². The predicted octanol–water partition coefficient (Wildman–Crippen LogP) is 4.58. The molecule has 3 aromatic rings. The highest BCUT2D eigenvalue weighted by Crippen LogP contribution is 2.29. The summed E-state index contributed by atoms with van der Waals surface area (Å²) in [5.74, 6) is 0.119. The Morgan fingerprint density at radius 2 is 2.08 bits per heavy atom. The van der Waals surface area contributed by atoms with Crippen LogP contribution in [0.15, 0.2) is 42.5 Å². The van der Waals surface area contributed by atoms with Gasteiger partial charge in [-0.2, -0.15) is 0 Å². The van der Waals surface area contributed by atoms with Crippen molar-refractivity contribution in [3.05, 3.63) is 53.8 Å². The number of anilines is 1. The molecule has 0 fully saturated rings. The lowest BCUT2D eigenvalue weighted by Crippen LogP contribution is -2.19. The van der Waals surface area contributed by atoms with Crippen molar-refractivity contribution in [2.75, 3.05) is 5.32 Å². The number of carbonyl (C=O) groups is 1. The number of fused-ring (bicyclic) bond motifs is 1. The van der Waals surface area contributed by atoms with E-state index >= 15 is 0 Å². The van der Waals surface area contributed by atoms with Crippen molar-refractivity contribution in [1.29, 1.82) is 0 Å². The maximum atomic E-state index is 12.9. The van der Waals surface area contributed by atoms with Crippen LogP contribution in [0.1, 0.15) is 12.5 Å². The van der Waals surface area contributed by atoms with E-state index in [4.69, 9.17) is 16.3 Å². The molecule has 0 aliphatic rings. The van der Waals surface area contributed by atoms with Gasteiger partial charge >= 0.3 is 0 Å². The molecule has 7 heteroatoms. The van der Waals surface area contributed by atoms with E-state index in [1.54, 1.807) is 25.1 Å². The van der Waals surface area contributed by atoms with Gasteiger partial charge in [-0.25, -0.2) is 9.37 Å². The maximum absolute atomic E-state index is 12.9. The lowest BCUT2D eigenvalue weighted by Gasteiger charge is -2.06. The third-order valence-corrected chi connectivity index (χ3v) is 4.40. The van der Waals surface area contributed by atoms with E-state index in [0.717, 1.165) is 15.8 Å². The molecule has 124 valence electrons. The molecule has 0 unspecified atom stereocenters. The molecule has 2 aromatic carbocycles. The van der Waals surface area contributed by atoms with Crippen LogP contribution in [0, 0.1) is 5.82 Å². The number of amides is 1. The molecule has 0 radical (unpaired) electrons. The zero-order chi connectivity index (χ0) is 17.1. The maximum Gasteiger partial charge on any atom is 0.243 e. The summed E-state index contributed by atoms with van der Waals surface area (Å²) >= 11 is 7.08. The van der Waals surface area contributed by atoms with Gasteiger partial charge in [0.15, 0.2) is 5.13 Å². The predicted molar refractivity (Wildman–Crippen MR) is 94.3 cm³/mol. The van der Waals surface area contributed by atoms with Gasteiger partial charge in [0.25, 0.3) is 0 Å². The van der Waals surface area contributed by atoms with E-state index in [1.807, 2.05) is 12.1 Å². The Kier molecular flexibility index (Phi) is 4.97. The molecule has 0 aliphatic heterocycles. The number of rotatable bonds is 5. The fraction of sp³-hybridized carbons (Fsp3) is 0.176. The van der Waals surface area contributed by atoms with Gasteiger partial charge in [0.05, 0.1) is 10.2 Å². The second-order valence-corrected chi connectivity index (χ2v) is 6.85. The number of ether oxygens (including phenoxy) is 1. The summed E-state index contributed by atoms with van der Waals surface area (Å²) in [7, 11) is 0. The molecule has 0 spiro atoms. The van der Waals surface area contributed by atoms with Gasteiger partial charge in [0.1, 0.15) is 23.6 Å². The Morgan fingerprint density at radius 1 is 1.33 bits per heavy atom. The highest BCUT2D eigenvalue weighted by atomic mass is 35.5. The molecule has 0 aliphatic carbocycles. The van der Waals surface area contributed by atoms with Crippen molar-refractivity contribution in [1.82, 2.24) is 4.98 Å². The van der Waals surface area contributed by atoms with Crippen molar-refractivity contribution in [3.63, 3.8) is 0 Å². The van der Waals surface area contributed by atoms with E-state index in [9.17, 15) is 9.18 Å². The highest BCUT2D eigenvalue weighted by molar-refractivity contribution is 7.22. The Morgan fingerprint density at radius 3 is 2.79 bits per heavy atom.